The highest BCUT2D eigenvalue weighted by atomic mass is 79.9. The van der Waals surface area contributed by atoms with Gasteiger partial charge in [0.2, 0.25) is 10.9 Å². The van der Waals surface area contributed by atoms with E-state index in [9.17, 15) is 13.2 Å². The molecule has 8 heteroatoms. The first-order valence-corrected chi connectivity index (χ1v) is 8.18. The van der Waals surface area contributed by atoms with Gasteiger partial charge in [0.15, 0.2) is 0 Å². The van der Waals surface area contributed by atoms with Gasteiger partial charge < -0.3 is 9.52 Å². The lowest BCUT2D eigenvalue weighted by Crippen LogP contribution is -2.26. The molecule has 112 valence electrons. The Bertz CT molecular complexity index is 768. The van der Waals surface area contributed by atoms with Gasteiger partial charge in [-0.05, 0) is 36.8 Å². The van der Waals surface area contributed by atoms with E-state index in [-0.39, 0.29) is 0 Å². The molecular weight excluding hydrogens is 362 g/mol. The van der Waals surface area contributed by atoms with Crippen molar-refractivity contribution in [2.75, 3.05) is 0 Å². The number of sulfonamides is 1. The Hall–Kier alpha value is -1.64. The third kappa shape index (κ3) is 3.72. The standard InChI is InChI=1S/C13H12BrNO5S/c1-8(9-3-2-4-10(14)7-9)15-21(18,19)12-6-5-11(20-12)13(16)17/h2-8,15H,1H3,(H,16,17). The molecule has 0 saturated heterocycles. The molecule has 2 rings (SSSR count). The molecule has 1 aromatic carbocycles. The van der Waals surface area contributed by atoms with E-state index < -0.39 is 32.9 Å². The quantitative estimate of drug-likeness (QED) is 0.839. The summed E-state index contributed by atoms with van der Waals surface area (Å²) >= 11 is 3.31. The lowest BCUT2D eigenvalue weighted by atomic mass is 10.1. The van der Waals surface area contributed by atoms with Gasteiger partial charge in [-0.25, -0.2) is 17.9 Å². The Morgan fingerprint density at radius 2 is 2.05 bits per heavy atom. The van der Waals surface area contributed by atoms with Crippen LogP contribution in [0.5, 0.6) is 0 Å². The maximum absolute atomic E-state index is 12.1. The van der Waals surface area contributed by atoms with Crippen LogP contribution in [0.3, 0.4) is 0 Å². The Morgan fingerprint density at radius 3 is 2.62 bits per heavy atom. The number of benzene rings is 1. The number of carboxylic acid groups (broad SMARTS) is 1. The van der Waals surface area contributed by atoms with Gasteiger partial charge in [0, 0.05) is 10.5 Å². The lowest BCUT2D eigenvalue weighted by Gasteiger charge is -2.13. The minimum Gasteiger partial charge on any atom is -0.475 e. The van der Waals surface area contributed by atoms with E-state index in [4.69, 9.17) is 9.52 Å². The zero-order valence-electron chi connectivity index (χ0n) is 10.9. The van der Waals surface area contributed by atoms with Gasteiger partial charge in [0.25, 0.3) is 10.0 Å². The van der Waals surface area contributed by atoms with Crippen molar-refractivity contribution in [1.29, 1.82) is 0 Å². The Morgan fingerprint density at radius 1 is 1.33 bits per heavy atom. The predicted octanol–water partition coefficient (Wildman–Crippen LogP) is 2.78. The number of carboxylic acids is 1. The second-order valence-corrected chi connectivity index (χ2v) is 6.88. The molecule has 21 heavy (non-hydrogen) atoms. The second kappa shape index (κ2) is 6.00. The maximum atomic E-state index is 12.1. The number of halogens is 1. The van der Waals surface area contributed by atoms with Crippen LogP contribution in [0.15, 0.2) is 50.4 Å². The summed E-state index contributed by atoms with van der Waals surface area (Å²) < 4.78 is 32.3. The first-order valence-electron chi connectivity index (χ1n) is 5.90. The van der Waals surface area contributed by atoms with Crippen LogP contribution in [-0.4, -0.2) is 19.5 Å². The van der Waals surface area contributed by atoms with E-state index in [1.54, 1.807) is 25.1 Å². The summed E-state index contributed by atoms with van der Waals surface area (Å²) in [6.45, 7) is 1.68. The fraction of sp³-hybridized carbons (Fsp3) is 0.154. The zero-order valence-corrected chi connectivity index (χ0v) is 13.3. The van der Waals surface area contributed by atoms with Crippen LogP contribution < -0.4 is 4.72 Å². The molecule has 1 unspecified atom stereocenters. The molecule has 1 aromatic heterocycles. The molecule has 6 nitrogen and oxygen atoms in total. The van der Waals surface area contributed by atoms with Gasteiger partial charge in [0.05, 0.1) is 0 Å². The second-order valence-electron chi connectivity index (χ2n) is 4.32. The van der Waals surface area contributed by atoms with E-state index in [1.807, 2.05) is 6.07 Å². The number of hydrogen-bond donors (Lipinski definition) is 2. The minimum absolute atomic E-state index is 0.425. The number of aromatic carboxylic acids is 1. The molecule has 0 spiro atoms. The SMILES string of the molecule is CC(NS(=O)(=O)c1ccc(C(=O)O)o1)c1cccc(Br)c1. The molecule has 2 N–H and O–H groups in total. The molecule has 2 aromatic rings. The summed E-state index contributed by atoms with van der Waals surface area (Å²) in [7, 11) is -3.93. The molecule has 0 aliphatic heterocycles. The van der Waals surface area contributed by atoms with Gasteiger partial charge in [-0.1, -0.05) is 28.1 Å². The van der Waals surface area contributed by atoms with Gasteiger partial charge >= 0.3 is 5.97 Å². The summed E-state index contributed by atoms with van der Waals surface area (Å²) in [5.41, 5.74) is 0.762. The molecular formula is C13H12BrNO5S. The zero-order chi connectivity index (χ0) is 15.6. The van der Waals surface area contributed by atoms with E-state index >= 15 is 0 Å². The highest BCUT2D eigenvalue weighted by Gasteiger charge is 2.23. The van der Waals surface area contributed by atoms with Crippen molar-refractivity contribution in [2.45, 2.75) is 18.1 Å². The smallest absolute Gasteiger partial charge is 0.371 e. The van der Waals surface area contributed by atoms with E-state index in [2.05, 4.69) is 20.7 Å². The van der Waals surface area contributed by atoms with Crippen LogP contribution in [0.4, 0.5) is 0 Å². The molecule has 0 fully saturated rings. The third-order valence-corrected chi connectivity index (χ3v) is 4.64. The highest BCUT2D eigenvalue weighted by Crippen LogP contribution is 2.21. The van der Waals surface area contributed by atoms with Crippen LogP contribution in [0, 0.1) is 0 Å². The highest BCUT2D eigenvalue weighted by molar-refractivity contribution is 9.10. The molecule has 0 aliphatic carbocycles. The number of furan rings is 1. The Kier molecular flexibility index (Phi) is 4.50. The predicted molar refractivity (Wildman–Crippen MR) is 78.5 cm³/mol. The van der Waals surface area contributed by atoms with E-state index in [0.29, 0.717) is 0 Å². The first-order chi connectivity index (χ1) is 9.79. The number of carbonyl (C=O) groups is 1. The summed E-state index contributed by atoms with van der Waals surface area (Å²) in [6.07, 6.45) is 0. The van der Waals surface area contributed by atoms with Crippen LogP contribution in [0.2, 0.25) is 0 Å². The number of hydrogen-bond acceptors (Lipinski definition) is 4. The first kappa shape index (κ1) is 15.7. The lowest BCUT2D eigenvalue weighted by molar-refractivity contribution is 0.0656. The number of nitrogens with one attached hydrogen (secondary N) is 1. The van der Waals surface area contributed by atoms with Crippen molar-refractivity contribution in [3.05, 3.63) is 52.2 Å². The fourth-order valence-electron chi connectivity index (χ4n) is 1.71. The minimum atomic E-state index is -3.93. The normalized spacial score (nSPS) is 13.0. The number of rotatable bonds is 5. The molecule has 1 atom stereocenters. The van der Waals surface area contributed by atoms with Crippen molar-refractivity contribution in [3.8, 4) is 0 Å². The van der Waals surface area contributed by atoms with E-state index in [0.717, 1.165) is 22.2 Å². The van der Waals surface area contributed by atoms with Crippen molar-refractivity contribution in [1.82, 2.24) is 4.72 Å². The van der Waals surface area contributed by atoms with Crippen LogP contribution in [0.25, 0.3) is 0 Å². The van der Waals surface area contributed by atoms with Gasteiger partial charge in [-0.2, -0.15) is 0 Å². The summed E-state index contributed by atoms with van der Waals surface area (Å²) in [6, 6.07) is 8.91. The molecule has 0 amide bonds. The maximum Gasteiger partial charge on any atom is 0.371 e. The van der Waals surface area contributed by atoms with Gasteiger partial charge in [-0.15, -0.1) is 0 Å². The molecule has 0 aliphatic rings. The van der Waals surface area contributed by atoms with Crippen molar-refractivity contribution < 1.29 is 22.7 Å². The summed E-state index contributed by atoms with van der Waals surface area (Å²) in [5.74, 6) is -1.75. The van der Waals surface area contributed by atoms with Crippen LogP contribution in [0.1, 0.15) is 29.1 Å². The van der Waals surface area contributed by atoms with Crippen LogP contribution >= 0.6 is 15.9 Å². The Labute approximate surface area is 130 Å². The van der Waals surface area contributed by atoms with Crippen molar-refractivity contribution >= 4 is 31.9 Å². The summed E-state index contributed by atoms with van der Waals surface area (Å²) in [5, 5.41) is 8.31. The molecule has 0 bridgehead atoms. The topological polar surface area (TPSA) is 96.6 Å². The molecule has 0 radical (unpaired) electrons. The van der Waals surface area contributed by atoms with Crippen molar-refractivity contribution in [2.24, 2.45) is 0 Å². The average Bonchev–Trinajstić information content (AvgIpc) is 2.88. The molecule has 1 heterocycles. The van der Waals surface area contributed by atoms with Crippen molar-refractivity contribution in [3.63, 3.8) is 0 Å². The van der Waals surface area contributed by atoms with Gasteiger partial charge in [0.1, 0.15) is 0 Å². The fourth-order valence-corrected chi connectivity index (χ4v) is 3.30. The van der Waals surface area contributed by atoms with Gasteiger partial charge in [-0.3, -0.25) is 0 Å². The molecule has 0 saturated carbocycles. The average molecular weight is 374 g/mol. The van der Waals surface area contributed by atoms with Crippen LogP contribution in [-0.2, 0) is 10.0 Å². The third-order valence-electron chi connectivity index (χ3n) is 2.74. The summed E-state index contributed by atoms with van der Waals surface area (Å²) in [4.78, 5) is 10.7. The monoisotopic (exact) mass is 373 g/mol. The Balaban J connectivity index is 2.22. The largest absolute Gasteiger partial charge is 0.475 e. The van der Waals surface area contributed by atoms with E-state index in [1.165, 1.54) is 0 Å².